The smallest absolute Gasteiger partial charge is 0.251 e. The Bertz CT molecular complexity index is 604. The molecule has 20 heavy (non-hydrogen) atoms. The highest BCUT2D eigenvalue weighted by Gasteiger charge is 2.15. The number of nitrogens with one attached hydrogen (secondary N) is 1. The summed E-state index contributed by atoms with van der Waals surface area (Å²) in [6.07, 6.45) is 0. The van der Waals surface area contributed by atoms with Gasteiger partial charge >= 0.3 is 0 Å². The highest BCUT2D eigenvalue weighted by atomic mass is 79.9. The van der Waals surface area contributed by atoms with Crippen LogP contribution < -0.4 is 5.32 Å². The van der Waals surface area contributed by atoms with E-state index in [0.717, 1.165) is 5.56 Å². The van der Waals surface area contributed by atoms with E-state index < -0.39 is 0 Å². The molecule has 1 atom stereocenters. The van der Waals surface area contributed by atoms with Crippen LogP contribution in [0.3, 0.4) is 0 Å². The maximum absolute atomic E-state index is 12.2. The molecule has 0 saturated heterocycles. The maximum Gasteiger partial charge on any atom is 0.251 e. The number of hydrogen-bond acceptors (Lipinski definition) is 2. The second kappa shape index (κ2) is 6.77. The molecule has 1 unspecified atom stereocenters. The Morgan fingerprint density at radius 1 is 1.25 bits per heavy atom. The molecule has 0 aliphatic heterocycles. The van der Waals surface area contributed by atoms with Crippen LogP contribution in [0.25, 0.3) is 0 Å². The van der Waals surface area contributed by atoms with Crippen molar-refractivity contribution in [2.75, 3.05) is 5.33 Å². The fourth-order valence-electron chi connectivity index (χ4n) is 1.79. The van der Waals surface area contributed by atoms with Crippen LogP contribution in [0.1, 0.15) is 22.0 Å². The third-order valence-corrected chi connectivity index (χ3v) is 3.82. The Hall–Kier alpha value is -1.52. The molecule has 1 amide bonds. The Morgan fingerprint density at radius 3 is 2.55 bits per heavy atom. The number of carbonyl (C=O) groups excluding carboxylic acids is 1. The van der Waals surface area contributed by atoms with E-state index in [4.69, 9.17) is 11.6 Å². The number of carbonyl (C=O) groups is 1. The Morgan fingerprint density at radius 2 is 1.95 bits per heavy atom. The van der Waals surface area contributed by atoms with Crippen molar-refractivity contribution < 1.29 is 9.90 Å². The molecule has 0 fully saturated rings. The fourth-order valence-corrected chi connectivity index (χ4v) is 2.50. The van der Waals surface area contributed by atoms with E-state index in [1.807, 2.05) is 30.3 Å². The molecular weight excluding hydrogens is 342 g/mol. The molecule has 104 valence electrons. The minimum absolute atomic E-state index is 0.0386. The van der Waals surface area contributed by atoms with Gasteiger partial charge < -0.3 is 10.4 Å². The summed E-state index contributed by atoms with van der Waals surface area (Å²) in [6, 6.07) is 13.9. The van der Waals surface area contributed by atoms with Gasteiger partial charge in [-0.1, -0.05) is 57.9 Å². The van der Waals surface area contributed by atoms with Crippen molar-refractivity contribution in [2.24, 2.45) is 0 Å². The van der Waals surface area contributed by atoms with Gasteiger partial charge in [0.2, 0.25) is 0 Å². The number of halogens is 2. The minimum atomic E-state index is -0.236. The van der Waals surface area contributed by atoms with E-state index in [1.54, 1.807) is 0 Å². The number of hydrogen-bond donors (Lipinski definition) is 2. The zero-order chi connectivity index (χ0) is 14.5. The summed E-state index contributed by atoms with van der Waals surface area (Å²) in [5, 5.41) is 13.0. The predicted octanol–water partition coefficient (Wildman–Crippen LogP) is 3.91. The average Bonchev–Trinajstić information content (AvgIpc) is 2.48. The van der Waals surface area contributed by atoms with E-state index in [2.05, 4.69) is 21.2 Å². The van der Waals surface area contributed by atoms with Crippen LogP contribution in [0, 0.1) is 0 Å². The second-order valence-electron chi connectivity index (χ2n) is 4.26. The van der Waals surface area contributed by atoms with Gasteiger partial charge in [0.15, 0.2) is 0 Å². The van der Waals surface area contributed by atoms with E-state index >= 15 is 0 Å². The largest absolute Gasteiger partial charge is 0.506 e. The first-order valence-electron chi connectivity index (χ1n) is 6.02. The molecule has 0 bridgehead atoms. The molecule has 0 aliphatic rings. The SMILES string of the molecule is O=C(NC(CBr)c1ccccc1)c1ccc(O)c(Cl)c1. The normalized spacial score (nSPS) is 11.9. The summed E-state index contributed by atoms with van der Waals surface area (Å²) in [6.45, 7) is 0. The van der Waals surface area contributed by atoms with Crippen molar-refractivity contribution in [2.45, 2.75) is 6.04 Å². The first-order chi connectivity index (χ1) is 9.61. The van der Waals surface area contributed by atoms with E-state index in [0.29, 0.717) is 10.9 Å². The number of aromatic hydroxyl groups is 1. The van der Waals surface area contributed by atoms with Gasteiger partial charge in [-0.15, -0.1) is 0 Å². The summed E-state index contributed by atoms with van der Waals surface area (Å²) in [5.41, 5.74) is 1.43. The lowest BCUT2D eigenvalue weighted by Crippen LogP contribution is -2.29. The van der Waals surface area contributed by atoms with Gasteiger partial charge in [0.25, 0.3) is 5.91 Å². The molecule has 0 aliphatic carbocycles. The van der Waals surface area contributed by atoms with Crippen molar-refractivity contribution >= 4 is 33.4 Å². The van der Waals surface area contributed by atoms with Crippen molar-refractivity contribution in [3.05, 3.63) is 64.7 Å². The zero-order valence-corrected chi connectivity index (χ0v) is 12.9. The number of benzene rings is 2. The number of amides is 1. The Balaban J connectivity index is 2.15. The maximum atomic E-state index is 12.2. The fraction of sp³-hybridized carbons (Fsp3) is 0.133. The molecule has 2 N–H and O–H groups in total. The number of rotatable bonds is 4. The minimum Gasteiger partial charge on any atom is -0.506 e. The van der Waals surface area contributed by atoms with Crippen LogP contribution in [-0.2, 0) is 0 Å². The molecule has 0 aromatic heterocycles. The van der Waals surface area contributed by atoms with Crippen molar-refractivity contribution in [1.29, 1.82) is 0 Å². The molecule has 2 aromatic rings. The van der Waals surface area contributed by atoms with Gasteiger partial charge in [-0.25, -0.2) is 0 Å². The van der Waals surface area contributed by atoms with Crippen LogP contribution in [0.2, 0.25) is 5.02 Å². The highest BCUT2D eigenvalue weighted by molar-refractivity contribution is 9.09. The molecule has 2 rings (SSSR count). The zero-order valence-electron chi connectivity index (χ0n) is 10.5. The molecule has 0 spiro atoms. The van der Waals surface area contributed by atoms with Crippen molar-refractivity contribution in [1.82, 2.24) is 5.32 Å². The highest BCUT2D eigenvalue weighted by Crippen LogP contribution is 2.24. The standard InChI is InChI=1S/C15H13BrClNO2/c16-9-13(10-4-2-1-3-5-10)18-15(20)11-6-7-14(19)12(17)8-11/h1-8,13,19H,9H2,(H,18,20). The van der Waals surface area contributed by atoms with Gasteiger partial charge in [0.1, 0.15) is 5.75 Å². The Labute approximate surface area is 130 Å². The monoisotopic (exact) mass is 353 g/mol. The van der Waals surface area contributed by atoms with E-state index in [1.165, 1.54) is 18.2 Å². The summed E-state index contributed by atoms with van der Waals surface area (Å²) in [4.78, 5) is 12.2. The van der Waals surface area contributed by atoms with Crippen molar-refractivity contribution in [3.8, 4) is 5.75 Å². The Kier molecular flexibility index (Phi) is 5.04. The van der Waals surface area contributed by atoms with E-state index in [9.17, 15) is 9.90 Å². The van der Waals surface area contributed by atoms with Gasteiger partial charge in [-0.3, -0.25) is 4.79 Å². The third kappa shape index (κ3) is 3.52. The summed E-state index contributed by atoms with van der Waals surface area (Å²) >= 11 is 9.20. The third-order valence-electron chi connectivity index (χ3n) is 2.87. The number of alkyl halides is 1. The van der Waals surface area contributed by atoms with Gasteiger partial charge in [0, 0.05) is 10.9 Å². The first kappa shape index (κ1) is 14.9. The lowest BCUT2D eigenvalue weighted by Gasteiger charge is -2.16. The van der Waals surface area contributed by atoms with Gasteiger partial charge in [0.05, 0.1) is 11.1 Å². The van der Waals surface area contributed by atoms with Crippen LogP contribution >= 0.6 is 27.5 Å². The summed E-state index contributed by atoms with van der Waals surface area (Å²) in [5.74, 6) is -0.275. The average molecular weight is 355 g/mol. The number of phenolic OH excluding ortho intramolecular Hbond substituents is 1. The molecule has 2 aromatic carbocycles. The first-order valence-corrected chi connectivity index (χ1v) is 7.52. The predicted molar refractivity (Wildman–Crippen MR) is 83.6 cm³/mol. The van der Waals surface area contributed by atoms with Gasteiger partial charge in [-0.2, -0.15) is 0 Å². The molecule has 3 nitrogen and oxygen atoms in total. The summed E-state index contributed by atoms with van der Waals surface area (Å²) < 4.78 is 0. The van der Waals surface area contributed by atoms with Crippen LogP contribution in [0.4, 0.5) is 0 Å². The van der Waals surface area contributed by atoms with Crippen molar-refractivity contribution in [3.63, 3.8) is 0 Å². The van der Waals surface area contributed by atoms with Crippen LogP contribution in [0.5, 0.6) is 5.75 Å². The number of phenols is 1. The molecule has 5 heteroatoms. The van der Waals surface area contributed by atoms with E-state index in [-0.39, 0.29) is 22.7 Å². The quantitative estimate of drug-likeness (QED) is 0.818. The molecular formula is C15H13BrClNO2. The lowest BCUT2D eigenvalue weighted by molar-refractivity contribution is 0.0941. The molecule has 0 heterocycles. The van der Waals surface area contributed by atoms with Crippen LogP contribution in [0.15, 0.2) is 48.5 Å². The second-order valence-corrected chi connectivity index (χ2v) is 5.31. The lowest BCUT2D eigenvalue weighted by atomic mass is 10.1. The van der Waals surface area contributed by atoms with Gasteiger partial charge in [-0.05, 0) is 23.8 Å². The topological polar surface area (TPSA) is 49.3 Å². The molecule has 0 radical (unpaired) electrons. The molecule has 0 saturated carbocycles. The summed E-state index contributed by atoms with van der Waals surface area (Å²) in [7, 11) is 0. The van der Waals surface area contributed by atoms with Crippen LogP contribution in [-0.4, -0.2) is 16.3 Å².